The van der Waals surface area contributed by atoms with E-state index in [4.69, 9.17) is 4.74 Å². The fraction of sp³-hybridized carbons (Fsp3) is 0.350. The van der Waals surface area contributed by atoms with Crippen molar-refractivity contribution in [2.24, 2.45) is 0 Å². The second-order valence-electron chi connectivity index (χ2n) is 6.06. The van der Waals surface area contributed by atoms with Gasteiger partial charge in [0.15, 0.2) is 0 Å². The van der Waals surface area contributed by atoms with Crippen molar-refractivity contribution in [1.82, 2.24) is 4.90 Å². The van der Waals surface area contributed by atoms with Crippen LogP contribution >= 0.6 is 0 Å². The Kier molecular flexibility index (Phi) is 5.49. The number of ether oxygens (including phenoxy) is 1. The van der Waals surface area contributed by atoms with E-state index in [1.54, 1.807) is 4.90 Å². The third-order valence-corrected chi connectivity index (χ3v) is 4.49. The molecule has 2 aromatic rings. The number of rotatable bonds is 5. The van der Waals surface area contributed by atoms with Crippen LogP contribution in [0.1, 0.15) is 35.6 Å². The molecular formula is C20H23NO3. The molecule has 126 valence electrons. The fourth-order valence-electron chi connectivity index (χ4n) is 3.34. The second-order valence-corrected chi connectivity index (χ2v) is 6.06. The summed E-state index contributed by atoms with van der Waals surface area (Å²) >= 11 is 0. The predicted octanol–water partition coefficient (Wildman–Crippen LogP) is 3.70. The van der Waals surface area contributed by atoms with Gasteiger partial charge in [-0.25, -0.2) is 4.79 Å². The SMILES string of the molecule is O=C(OCc1ccccc1)N(CCO)C1CCCc2ccccc21. The van der Waals surface area contributed by atoms with E-state index in [1.807, 2.05) is 42.5 Å². The lowest BCUT2D eigenvalue weighted by molar-refractivity contribution is 0.0675. The summed E-state index contributed by atoms with van der Waals surface area (Å²) in [5, 5.41) is 9.40. The van der Waals surface area contributed by atoms with E-state index in [0.29, 0.717) is 0 Å². The lowest BCUT2D eigenvalue weighted by Gasteiger charge is -2.34. The minimum atomic E-state index is -0.366. The molecule has 0 heterocycles. The molecule has 1 atom stereocenters. The van der Waals surface area contributed by atoms with E-state index >= 15 is 0 Å². The average Bonchev–Trinajstić information content (AvgIpc) is 2.65. The smallest absolute Gasteiger partial charge is 0.410 e. The Morgan fingerprint density at radius 3 is 2.67 bits per heavy atom. The largest absolute Gasteiger partial charge is 0.445 e. The molecule has 0 spiro atoms. The molecule has 0 bridgehead atoms. The normalized spacial score (nSPS) is 16.3. The van der Waals surface area contributed by atoms with E-state index in [9.17, 15) is 9.90 Å². The topological polar surface area (TPSA) is 49.8 Å². The highest BCUT2D eigenvalue weighted by atomic mass is 16.6. The zero-order valence-electron chi connectivity index (χ0n) is 13.7. The van der Waals surface area contributed by atoms with Crippen molar-refractivity contribution in [2.45, 2.75) is 31.9 Å². The molecule has 0 saturated carbocycles. The Hall–Kier alpha value is -2.33. The zero-order valence-corrected chi connectivity index (χ0v) is 13.7. The van der Waals surface area contributed by atoms with Crippen LogP contribution in [-0.2, 0) is 17.8 Å². The van der Waals surface area contributed by atoms with Gasteiger partial charge in [-0.3, -0.25) is 4.90 Å². The van der Waals surface area contributed by atoms with Crippen LogP contribution in [0.3, 0.4) is 0 Å². The summed E-state index contributed by atoms with van der Waals surface area (Å²) < 4.78 is 5.49. The fourth-order valence-corrected chi connectivity index (χ4v) is 3.34. The molecule has 1 aliphatic carbocycles. The highest BCUT2D eigenvalue weighted by Gasteiger charge is 2.29. The molecule has 24 heavy (non-hydrogen) atoms. The first kappa shape index (κ1) is 16.5. The van der Waals surface area contributed by atoms with Crippen LogP contribution in [0.4, 0.5) is 4.79 Å². The third kappa shape index (κ3) is 3.77. The van der Waals surface area contributed by atoms with Gasteiger partial charge in [-0.15, -0.1) is 0 Å². The maximum Gasteiger partial charge on any atom is 0.410 e. The zero-order chi connectivity index (χ0) is 16.8. The molecular weight excluding hydrogens is 302 g/mol. The standard InChI is InChI=1S/C20H23NO3/c22-14-13-21(20(23)24-15-16-7-2-1-3-8-16)19-12-6-10-17-9-4-5-11-18(17)19/h1-5,7-9,11,19,22H,6,10,12-15H2. The van der Waals surface area contributed by atoms with Gasteiger partial charge in [-0.2, -0.15) is 0 Å². The van der Waals surface area contributed by atoms with Crippen LogP contribution in [0.2, 0.25) is 0 Å². The first-order chi connectivity index (χ1) is 11.8. The molecule has 1 unspecified atom stereocenters. The summed E-state index contributed by atoms with van der Waals surface area (Å²) in [6.07, 6.45) is 2.61. The van der Waals surface area contributed by atoms with Crippen LogP contribution in [0.15, 0.2) is 54.6 Å². The molecule has 0 aliphatic heterocycles. The summed E-state index contributed by atoms with van der Waals surface area (Å²) in [5.74, 6) is 0. The number of amides is 1. The first-order valence-corrected chi connectivity index (χ1v) is 8.45. The van der Waals surface area contributed by atoms with Crippen molar-refractivity contribution in [1.29, 1.82) is 0 Å². The number of nitrogens with zero attached hydrogens (tertiary/aromatic N) is 1. The van der Waals surface area contributed by atoms with Gasteiger partial charge in [0.2, 0.25) is 0 Å². The molecule has 1 amide bonds. The van der Waals surface area contributed by atoms with Gasteiger partial charge in [-0.05, 0) is 36.0 Å². The van der Waals surface area contributed by atoms with Crippen LogP contribution in [0, 0.1) is 0 Å². The first-order valence-electron chi connectivity index (χ1n) is 8.45. The van der Waals surface area contributed by atoms with Gasteiger partial charge in [0.05, 0.1) is 12.6 Å². The van der Waals surface area contributed by atoms with E-state index in [2.05, 4.69) is 12.1 Å². The summed E-state index contributed by atoms with van der Waals surface area (Å²) in [4.78, 5) is 14.3. The Labute approximate surface area is 142 Å². The van der Waals surface area contributed by atoms with Gasteiger partial charge < -0.3 is 9.84 Å². The van der Waals surface area contributed by atoms with E-state index in [0.717, 1.165) is 24.8 Å². The number of aliphatic hydroxyl groups excluding tert-OH is 1. The molecule has 2 aromatic carbocycles. The van der Waals surface area contributed by atoms with Crippen molar-refractivity contribution >= 4 is 6.09 Å². The maximum absolute atomic E-state index is 12.6. The number of aryl methyl sites for hydroxylation is 1. The molecule has 1 N–H and O–H groups in total. The monoisotopic (exact) mass is 325 g/mol. The average molecular weight is 325 g/mol. The molecule has 0 fully saturated rings. The number of hydrogen-bond donors (Lipinski definition) is 1. The van der Waals surface area contributed by atoms with Crippen LogP contribution in [0.5, 0.6) is 0 Å². The molecule has 4 nitrogen and oxygen atoms in total. The molecule has 0 radical (unpaired) electrons. The van der Waals surface area contributed by atoms with Gasteiger partial charge >= 0.3 is 6.09 Å². The molecule has 1 aliphatic rings. The molecule has 3 rings (SSSR count). The van der Waals surface area contributed by atoms with E-state index in [1.165, 1.54) is 11.1 Å². The second kappa shape index (κ2) is 7.97. The Balaban J connectivity index is 1.74. The van der Waals surface area contributed by atoms with E-state index < -0.39 is 0 Å². The highest BCUT2D eigenvalue weighted by Crippen LogP contribution is 2.34. The maximum atomic E-state index is 12.6. The number of fused-ring (bicyclic) bond motifs is 1. The minimum absolute atomic E-state index is 0.0228. The lowest BCUT2D eigenvalue weighted by atomic mass is 9.87. The van der Waals surface area contributed by atoms with Crippen LogP contribution in [0.25, 0.3) is 0 Å². The predicted molar refractivity (Wildman–Crippen MR) is 92.5 cm³/mol. The van der Waals surface area contributed by atoms with Gasteiger partial charge in [-0.1, -0.05) is 54.6 Å². The van der Waals surface area contributed by atoms with Gasteiger partial charge in [0.25, 0.3) is 0 Å². The summed E-state index contributed by atoms with van der Waals surface area (Å²) in [6.45, 7) is 0.460. The summed E-state index contributed by atoms with van der Waals surface area (Å²) in [6, 6.07) is 17.8. The van der Waals surface area contributed by atoms with Gasteiger partial charge in [0.1, 0.15) is 6.61 Å². The van der Waals surface area contributed by atoms with Crippen molar-refractivity contribution in [3.8, 4) is 0 Å². The van der Waals surface area contributed by atoms with Crippen molar-refractivity contribution in [2.75, 3.05) is 13.2 Å². The van der Waals surface area contributed by atoms with Crippen molar-refractivity contribution in [3.63, 3.8) is 0 Å². The van der Waals surface area contributed by atoms with Crippen molar-refractivity contribution < 1.29 is 14.6 Å². The molecule has 0 aromatic heterocycles. The van der Waals surface area contributed by atoms with Crippen molar-refractivity contribution in [3.05, 3.63) is 71.3 Å². The van der Waals surface area contributed by atoms with Crippen LogP contribution in [-0.4, -0.2) is 29.3 Å². The lowest BCUT2D eigenvalue weighted by Crippen LogP contribution is -2.38. The third-order valence-electron chi connectivity index (χ3n) is 4.49. The molecule has 0 saturated heterocycles. The number of aliphatic hydroxyl groups is 1. The summed E-state index contributed by atoms with van der Waals surface area (Å²) in [7, 11) is 0. The summed E-state index contributed by atoms with van der Waals surface area (Å²) in [5.41, 5.74) is 3.42. The Bertz CT molecular complexity index is 672. The Morgan fingerprint density at radius 1 is 1.12 bits per heavy atom. The highest BCUT2D eigenvalue weighted by molar-refractivity contribution is 5.68. The number of benzene rings is 2. The number of carbonyl (C=O) groups is 1. The van der Waals surface area contributed by atoms with E-state index in [-0.39, 0.29) is 31.9 Å². The quantitative estimate of drug-likeness (QED) is 0.912. The number of hydrogen-bond acceptors (Lipinski definition) is 3. The number of carbonyl (C=O) groups excluding carboxylic acids is 1. The Morgan fingerprint density at radius 2 is 1.88 bits per heavy atom. The molecule has 4 heteroatoms. The van der Waals surface area contributed by atoms with Gasteiger partial charge in [0, 0.05) is 6.54 Å². The van der Waals surface area contributed by atoms with Crippen LogP contribution < -0.4 is 0 Å². The minimum Gasteiger partial charge on any atom is -0.445 e.